The quantitative estimate of drug-likeness (QED) is 0.524. The summed E-state index contributed by atoms with van der Waals surface area (Å²) in [5, 5.41) is 4.36. The zero-order valence-corrected chi connectivity index (χ0v) is 15.1. The Kier molecular flexibility index (Phi) is 3.96. The molecule has 0 atom stereocenters. The topological polar surface area (TPSA) is 44.1 Å². The van der Waals surface area contributed by atoms with Gasteiger partial charge in [0.25, 0.3) is 0 Å². The smallest absolute Gasteiger partial charge is 0.331 e. The molecule has 0 N–H and O–H groups in total. The molecule has 2 aromatic carbocycles. The first-order valence-electron chi connectivity index (χ1n) is 8.63. The van der Waals surface area contributed by atoms with Crippen molar-refractivity contribution in [3.63, 3.8) is 0 Å². The average Bonchev–Trinajstić information content (AvgIpc) is 3.08. The number of aryl methyl sites for hydroxylation is 2. The summed E-state index contributed by atoms with van der Waals surface area (Å²) in [6.07, 6.45) is 2.91. The summed E-state index contributed by atoms with van der Waals surface area (Å²) in [5.74, 6) is -0.357. The molecule has 0 bridgehead atoms. The standard InChI is InChI=1S/C22H20N2O2/c1-14-16(15(2)24(3)23-14)12-13-21(25)26-22-19-10-6-4-8-17(19)18-9-5-7-11-20(18)22/h4-13,22H,1-3H3/b13-12+. The molecule has 0 unspecified atom stereocenters. The van der Waals surface area contributed by atoms with Crippen LogP contribution in [0, 0.1) is 13.8 Å². The highest BCUT2D eigenvalue weighted by molar-refractivity contribution is 5.89. The Bertz CT molecular complexity index is 985. The second-order valence-corrected chi connectivity index (χ2v) is 6.53. The number of carbonyl (C=O) groups excluding carboxylic acids is 1. The Hall–Kier alpha value is -3.14. The van der Waals surface area contributed by atoms with Crippen LogP contribution in [0.3, 0.4) is 0 Å². The van der Waals surface area contributed by atoms with Crippen LogP contribution in [0.1, 0.15) is 34.2 Å². The SMILES string of the molecule is Cc1nn(C)c(C)c1/C=C/C(=O)OC1c2ccccc2-c2ccccc21. The molecular weight excluding hydrogens is 324 g/mol. The van der Waals surface area contributed by atoms with Gasteiger partial charge in [0.2, 0.25) is 0 Å². The van der Waals surface area contributed by atoms with Crippen LogP contribution in [0.5, 0.6) is 0 Å². The van der Waals surface area contributed by atoms with E-state index in [1.165, 1.54) is 6.08 Å². The first-order chi connectivity index (χ1) is 12.6. The molecule has 3 aromatic rings. The Morgan fingerprint density at radius 1 is 1.04 bits per heavy atom. The molecule has 0 radical (unpaired) electrons. The monoisotopic (exact) mass is 344 g/mol. The summed E-state index contributed by atoms with van der Waals surface area (Å²) in [6.45, 7) is 3.91. The number of hydrogen-bond acceptors (Lipinski definition) is 3. The second-order valence-electron chi connectivity index (χ2n) is 6.53. The van der Waals surface area contributed by atoms with E-state index in [2.05, 4.69) is 17.2 Å². The largest absolute Gasteiger partial charge is 0.449 e. The fourth-order valence-electron chi connectivity index (χ4n) is 3.57. The Morgan fingerprint density at radius 2 is 1.62 bits per heavy atom. The van der Waals surface area contributed by atoms with Gasteiger partial charge in [-0.2, -0.15) is 5.10 Å². The minimum Gasteiger partial charge on any atom is -0.449 e. The molecule has 0 amide bonds. The lowest BCUT2D eigenvalue weighted by Crippen LogP contribution is -2.08. The maximum atomic E-state index is 12.5. The molecule has 0 fully saturated rings. The van der Waals surface area contributed by atoms with Crippen molar-refractivity contribution in [1.82, 2.24) is 9.78 Å². The van der Waals surface area contributed by atoms with E-state index >= 15 is 0 Å². The van der Waals surface area contributed by atoms with E-state index in [1.54, 1.807) is 6.08 Å². The number of rotatable bonds is 3. The Morgan fingerprint density at radius 3 is 2.15 bits per heavy atom. The van der Waals surface area contributed by atoms with E-state index in [0.717, 1.165) is 39.2 Å². The van der Waals surface area contributed by atoms with Crippen LogP contribution in [-0.2, 0) is 16.6 Å². The average molecular weight is 344 g/mol. The maximum Gasteiger partial charge on any atom is 0.331 e. The van der Waals surface area contributed by atoms with E-state index in [0.29, 0.717) is 0 Å². The maximum absolute atomic E-state index is 12.5. The highest BCUT2D eigenvalue weighted by Gasteiger charge is 2.30. The van der Waals surface area contributed by atoms with Gasteiger partial charge in [0, 0.05) is 35.5 Å². The number of aromatic nitrogens is 2. The highest BCUT2D eigenvalue weighted by Crippen LogP contribution is 2.45. The van der Waals surface area contributed by atoms with Crippen molar-refractivity contribution >= 4 is 12.0 Å². The number of nitrogens with zero attached hydrogens (tertiary/aromatic N) is 2. The van der Waals surface area contributed by atoms with Crippen molar-refractivity contribution in [2.24, 2.45) is 7.05 Å². The van der Waals surface area contributed by atoms with Gasteiger partial charge >= 0.3 is 5.97 Å². The van der Waals surface area contributed by atoms with Crippen LogP contribution in [0.25, 0.3) is 17.2 Å². The fraction of sp³-hybridized carbons (Fsp3) is 0.182. The van der Waals surface area contributed by atoms with Crippen molar-refractivity contribution in [3.8, 4) is 11.1 Å². The van der Waals surface area contributed by atoms with Crippen molar-refractivity contribution in [3.05, 3.63) is 82.7 Å². The zero-order valence-electron chi connectivity index (χ0n) is 15.1. The number of ether oxygens (including phenoxy) is 1. The molecule has 0 saturated carbocycles. The van der Waals surface area contributed by atoms with E-state index in [9.17, 15) is 4.79 Å². The summed E-state index contributed by atoms with van der Waals surface area (Å²) in [4.78, 5) is 12.5. The Balaban J connectivity index is 1.61. The van der Waals surface area contributed by atoms with Gasteiger partial charge in [-0.3, -0.25) is 4.68 Å². The molecule has 4 rings (SSSR count). The summed E-state index contributed by atoms with van der Waals surface area (Å²) in [7, 11) is 1.89. The minimum atomic E-state index is -0.365. The molecular formula is C22H20N2O2. The van der Waals surface area contributed by atoms with E-state index in [4.69, 9.17) is 4.74 Å². The van der Waals surface area contributed by atoms with Gasteiger partial charge in [0.1, 0.15) is 0 Å². The predicted octanol–water partition coefficient (Wildman–Crippen LogP) is 4.36. The van der Waals surface area contributed by atoms with Gasteiger partial charge in [-0.25, -0.2) is 4.79 Å². The normalized spacial score (nSPS) is 13.0. The third-order valence-corrected chi connectivity index (χ3v) is 4.96. The second kappa shape index (κ2) is 6.30. The third-order valence-electron chi connectivity index (χ3n) is 4.96. The lowest BCUT2D eigenvalue weighted by atomic mass is 10.1. The summed E-state index contributed by atoms with van der Waals surface area (Å²) < 4.78 is 7.63. The van der Waals surface area contributed by atoms with E-state index in [1.807, 2.05) is 62.0 Å². The number of esters is 1. The van der Waals surface area contributed by atoms with Crippen LogP contribution in [0.15, 0.2) is 54.6 Å². The fourth-order valence-corrected chi connectivity index (χ4v) is 3.57. The zero-order chi connectivity index (χ0) is 18.3. The number of benzene rings is 2. The highest BCUT2D eigenvalue weighted by atomic mass is 16.5. The van der Waals surface area contributed by atoms with Crippen LogP contribution in [0.2, 0.25) is 0 Å². The first-order valence-corrected chi connectivity index (χ1v) is 8.63. The Labute approximate surface area is 152 Å². The van der Waals surface area contributed by atoms with Gasteiger partial charge < -0.3 is 4.74 Å². The van der Waals surface area contributed by atoms with Crippen molar-refractivity contribution < 1.29 is 9.53 Å². The molecule has 1 heterocycles. The van der Waals surface area contributed by atoms with E-state index < -0.39 is 0 Å². The van der Waals surface area contributed by atoms with Gasteiger partial charge in [0.05, 0.1) is 5.69 Å². The molecule has 4 nitrogen and oxygen atoms in total. The summed E-state index contributed by atoms with van der Waals surface area (Å²) >= 11 is 0. The van der Waals surface area contributed by atoms with Crippen LogP contribution in [-0.4, -0.2) is 15.7 Å². The lowest BCUT2D eigenvalue weighted by Gasteiger charge is -2.13. The molecule has 0 aliphatic heterocycles. The number of fused-ring (bicyclic) bond motifs is 3. The van der Waals surface area contributed by atoms with E-state index in [-0.39, 0.29) is 12.1 Å². The van der Waals surface area contributed by atoms with Gasteiger partial charge in [-0.05, 0) is 31.1 Å². The summed E-state index contributed by atoms with van der Waals surface area (Å²) in [6, 6.07) is 16.1. The molecule has 4 heteroatoms. The van der Waals surface area contributed by atoms with Crippen molar-refractivity contribution in [2.75, 3.05) is 0 Å². The van der Waals surface area contributed by atoms with Crippen LogP contribution in [0.4, 0.5) is 0 Å². The van der Waals surface area contributed by atoms with Crippen molar-refractivity contribution in [1.29, 1.82) is 0 Å². The number of hydrogen-bond donors (Lipinski definition) is 0. The molecule has 26 heavy (non-hydrogen) atoms. The number of carbonyl (C=O) groups is 1. The summed E-state index contributed by atoms with van der Waals surface area (Å²) in [5.41, 5.74) is 7.19. The third kappa shape index (κ3) is 2.64. The van der Waals surface area contributed by atoms with Crippen molar-refractivity contribution in [2.45, 2.75) is 20.0 Å². The van der Waals surface area contributed by atoms with Gasteiger partial charge in [-0.1, -0.05) is 48.5 Å². The lowest BCUT2D eigenvalue weighted by molar-refractivity contribution is -0.141. The van der Waals surface area contributed by atoms with Crippen LogP contribution >= 0.6 is 0 Å². The molecule has 130 valence electrons. The predicted molar refractivity (Wildman–Crippen MR) is 102 cm³/mol. The van der Waals surface area contributed by atoms with Gasteiger partial charge in [-0.15, -0.1) is 0 Å². The van der Waals surface area contributed by atoms with Crippen LogP contribution < -0.4 is 0 Å². The minimum absolute atomic E-state index is 0.357. The molecule has 1 aromatic heterocycles. The molecule has 0 saturated heterocycles. The molecule has 1 aliphatic carbocycles. The molecule has 1 aliphatic rings. The van der Waals surface area contributed by atoms with Gasteiger partial charge in [0.15, 0.2) is 6.10 Å². The molecule has 0 spiro atoms. The first kappa shape index (κ1) is 16.3.